The van der Waals surface area contributed by atoms with Crippen molar-refractivity contribution in [1.29, 1.82) is 0 Å². The minimum absolute atomic E-state index is 0.324. The van der Waals surface area contributed by atoms with Gasteiger partial charge in [-0.3, -0.25) is 4.79 Å². The molecule has 1 amide bonds. The Bertz CT molecular complexity index is 1040. The second-order valence-electron chi connectivity index (χ2n) is 5.38. The molecule has 0 unspecified atom stereocenters. The van der Waals surface area contributed by atoms with Crippen molar-refractivity contribution in [1.82, 2.24) is 4.57 Å². The van der Waals surface area contributed by atoms with Gasteiger partial charge in [0.25, 0.3) is 5.91 Å². The Balaban J connectivity index is 2.06. The van der Waals surface area contributed by atoms with Gasteiger partial charge in [-0.1, -0.05) is 17.3 Å². The summed E-state index contributed by atoms with van der Waals surface area (Å²) in [7, 11) is 1.58. The average molecular weight is 366 g/mol. The van der Waals surface area contributed by atoms with Crippen LogP contribution in [0, 0.1) is 12.3 Å². The van der Waals surface area contributed by atoms with Gasteiger partial charge in [0.05, 0.1) is 30.5 Å². The van der Waals surface area contributed by atoms with Gasteiger partial charge in [0, 0.05) is 5.56 Å². The van der Waals surface area contributed by atoms with E-state index in [4.69, 9.17) is 15.9 Å². The van der Waals surface area contributed by atoms with Crippen molar-refractivity contribution < 1.29 is 14.3 Å². The van der Waals surface area contributed by atoms with Crippen molar-refractivity contribution in [3.8, 4) is 23.8 Å². The minimum atomic E-state index is -0.324. The highest BCUT2D eigenvalue weighted by molar-refractivity contribution is 7.16. The fraction of sp³-hybridized carbons (Fsp3) is 0.200. The van der Waals surface area contributed by atoms with E-state index < -0.39 is 0 Å². The lowest BCUT2D eigenvalue weighted by Gasteiger charge is -2.03. The number of aromatic nitrogens is 1. The largest absolute Gasteiger partial charge is 0.497 e. The van der Waals surface area contributed by atoms with Crippen LogP contribution in [0.5, 0.6) is 11.5 Å². The van der Waals surface area contributed by atoms with Crippen LogP contribution in [0.3, 0.4) is 0 Å². The zero-order chi connectivity index (χ0) is 18.5. The molecule has 0 fully saturated rings. The van der Waals surface area contributed by atoms with E-state index in [1.54, 1.807) is 31.4 Å². The molecule has 0 saturated carbocycles. The van der Waals surface area contributed by atoms with E-state index in [0.29, 0.717) is 29.3 Å². The van der Waals surface area contributed by atoms with E-state index in [-0.39, 0.29) is 5.91 Å². The summed E-state index contributed by atoms with van der Waals surface area (Å²) < 4.78 is 13.5. The molecule has 5 nitrogen and oxygen atoms in total. The Morgan fingerprint density at radius 1 is 1.23 bits per heavy atom. The number of amides is 1. The van der Waals surface area contributed by atoms with Crippen molar-refractivity contribution in [2.75, 3.05) is 13.7 Å². The van der Waals surface area contributed by atoms with E-state index in [0.717, 1.165) is 16.0 Å². The zero-order valence-electron chi connectivity index (χ0n) is 14.6. The van der Waals surface area contributed by atoms with Gasteiger partial charge in [-0.05, 0) is 49.4 Å². The summed E-state index contributed by atoms with van der Waals surface area (Å²) >= 11 is 1.41. The van der Waals surface area contributed by atoms with Crippen LogP contribution in [0.2, 0.25) is 0 Å². The van der Waals surface area contributed by atoms with E-state index in [1.807, 2.05) is 29.7 Å². The summed E-state index contributed by atoms with van der Waals surface area (Å²) in [5.41, 5.74) is 1.42. The first-order valence-electron chi connectivity index (χ1n) is 8.09. The first kappa shape index (κ1) is 17.8. The number of fused-ring (bicyclic) bond motifs is 1. The van der Waals surface area contributed by atoms with Crippen LogP contribution in [-0.2, 0) is 6.54 Å². The number of thiazole rings is 1. The van der Waals surface area contributed by atoms with E-state index in [9.17, 15) is 4.79 Å². The van der Waals surface area contributed by atoms with Crippen molar-refractivity contribution in [2.24, 2.45) is 4.99 Å². The molecule has 6 heteroatoms. The Hall–Kier alpha value is -3.04. The summed E-state index contributed by atoms with van der Waals surface area (Å²) in [5, 5.41) is 0. The first-order valence-corrected chi connectivity index (χ1v) is 8.90. The molecule has 3 rings (SSSR count). The molecule has 0 atom stereocenters. The molecule has 2 aromatic carbocycles. The highest BCUT2D eigenvalue weighted by Gasteiger charge is 2.10. The number of carbonyl (C=O) groups is 1. The van der Waals surface area contributed by atoms with Crippen molar-refractivity contribution in [3.05, 3.63) is 52.8 Å². The third kappa shape index (κ3) is 3.63. The number of hydrogen-bond donors (Lipinski definition) is 0. The molecule has 0 saturated heterocycles. The molecule has 0 bridgehead atoms. The number of nitrogens with zero attached hydrogens (tertiary/aromatic N) is 2. The smallest absolute Gasteiger partial charge is 0.279 e. The first-order chi connectivity index (χ1) is 12.7. The molecular weight excluding hydrogens is 348 g/mol. The highest BCUT2D eigenvalue weighted by atomic mass is 32.1. The molecule has 132 valence electrons. The molecule has 0 aliphatic carbocycles. The number of hydrogen-bond acceptors (Lipinski definition) is 4. The van der Waals surface area contributed by atoms with Gasteiger partial charge in [-0.15, -0.1) is 6.42 Å². The van der Waals surface area contributed by atoms with Crippen molar-refractivity contribution in [2.45, 2.75) is 13.5 Å². The minimum Gasteiger partial charge on any atom is -0.497 e. The molecular formula is C20H18N2O3S. The van der Waals surface area contributed by atoms with Gasteiger partial charge in [0.15, 0.2) is 4.80 Å². The monoisotopic (exact) mass is 366 g/mol. The number of benzene rings is 2. The summed E-state index contributed by atoms with van der Waals surface area (Å²) in [6.45, 7) is 2.86. The van der Waals surface area contributed by atoms with Gasteiger partial charge >= 0.3 is 0 Å². The molecule has 3 aromatic rings. The average Bonchev–Trinajstić information content (AvgIpc) is 2.99. The van der Waals surface area contributed by atoms with Gasteiger partial charge in [0.2, 0.25) is 0 Å². The second-order valence-corrected chi connectivity index (χ2v) is 6.39. The fourth-order valence-corrected chi connectivity index (χ4v) is 3.58. The number of ether oxygens (including phenoxy) is 2. The van der Waals surface area contributed by atoms with Crippen LogP contribution in [-0.4, -0.2) is 24.2 Å². The predicted octanol–water partition coefficient (Wildman–Crippen LogP) is 3.48. The summed E-state index contributed by atoms with van der Waals surface area (Å²) in [6.07, 6.45) is 5.50. The molecule has 1 aromatic heterocycles. The molecule has 0 N–H and O–H groups in total. The van der Waals surface area contributed by atoms with Crippen molar-refractivity contribution in [3.63, 3.8) is 0 Å². The molecule has 1 heterocycles. The molecule has 0 aliphatic heterocycles. The Labute approximate surface area is 155 Å². The quantitative estimate of drug-likeness (QED) is 0.650. The molecule has 0 radical (unpaired) electrons. The maximum atomic E-state index is 12.5. The zero-order valence-corrected chi connectivity index (χ0v) is 15.4. The highest BCUT2D eigenvalue weighted by Crippen LogP contribution is 2.23. The number of carbonyl (C=O) groups excluding carboxylic acids is 1. The van der Waals surface area contributed by atoms with Crippen LogP contribution in [0.25, 0.3) is 10.2 Å². The summed E-state index contributed by atoms with van der Waals surface area (Å²) in [6, 6.07) is 12.6. The topological polar surface area (TPSA) is 52.8 Å². The lowest BCUT2D eigenvalue weighted by Crippen LogP contribution is -2.16. The normalized spacial score (nSPS) is 11.3. The van der Waals surface area contributed by atoms with Crippen LogP contribution in [0.1, 0.15) is 17.3 Å². The maximum Gasteiger partial charge on any atom is 0.279 e. The summed E-state index contributed by atoms with van der Waals surface area (Å²) in [5.74, 6) is 3.77. The third-order valence-electron chi connectivity index (χ3n) is 3.75. The van der Waals surface area contributed by atoms with E-state index >= 15 is 0 Å². The standard InChI is InChI=1S/C20H18N2O3S/c1-4-12-22-17-11-10-16(25-5-2)13-18(17)26-20(22)21-19(23)14-6-8-15(24-3)9-7-14/h1,6-11,13H,5,12H2,2-3H3. The Kier molecular flexibility index (Phi) is 5.40. The van der Waals surface area contributed by atoms with Crippen LogP contribution < -0.4 is 14.3 Å². The number of methoxy groups -OCH3 is 1. The lowest BCUT2D eigenvalue weighted by molar-refractivity contribution is 0.0998. The second kappa shape index (κ2) is 7.89. The van der Waals surface area contributed by atoms with Crippen LogP contribution in [0.4, 0.5) is 0 Å². The third-order valence-corrected chi connectivity index (χ3v) is 4.79. The predicted molar refractivity (Wildman–Crippen MR) is 103 cm³/mol. The SMILES string of the molecule is C#CCn1c(=NC(=O)c2ccc(OC)cc2)sc2cc(OCC)ccc21. The van der Waals surface area contributed by atoms with Gasteiger partial charge in [-0.25, -0.2) is 0 Å². The van der Waals surface area contributed by atoms with Crippen molar-refractivity contribution >= 4 is 27.5 Å². The van der Waals surface area contributed by atoms with Gasteiger partial charge < -0.3 is 14.0 Å². The lowest BCUT2D eigenvalue weighted by atomic mass is 10.2. The van der Waals surface area contributed by atoms with Gasteiger partial charge in [-0.2, -0.15) is 4.99 Å². The van der Waals surface area contributed by atoms with E-state index in [1.165, 1.54) is 11.3 Å². The Morgan fingerprint density at radius 3 is 2.62 bits per heavy atom. The number of terminal acetylenes is 1. The molecule has 0 aliphatic rings. The number of rotatable bonds is 5. The molecule has 0 spiro atoms. The summed E-state index contributed by atoms with van der Waals surface area (Å²) in [4.78, 5) is 17.4. The maximum absolute atomic E-state index is 12.5. The van der Waals surface area contributed by atoms with Gasteiger partial charge in [0.1, 0.15) is 11.5 Å². The van der Waals surface area contributed by atoms with Crippen LogP contribution >= 0.6 is 11.3 Å². The van der Waals surface area contributed by atoms with E-state index in [2.05, 4.69) is 10.9 Å². The molecule has 26 heavy (non-hydrogen) atoms. The fourth-order valence-electron chi connectivity index (χ4n) is 2.52. The Morgan fingerprint density at radius 2 is 1.96 bits per heavy atom. The van der Waals surface area contributed by atoms with Crippen LogP contribution in [0.15, 0.2) is 47.5 Å².